The summed E-state index contributed by atoms with van der Waals surface area (Å²) in [7, 11) is -3.65. The Morgan fingerprint density at radius 1 is 1.17 bits per heavy atom. The Kier molecular flexibility index (Phi) is 4.22. The molecule has 0 spiro atoms. The van der Waals surface area contributed by atoms with E-state index < -0.39 is 10.0 Å². The van der Waals surface area contributed by atoms with Gasteiger partial charge in [0.05, 0.1) is 5.69 Å². The largest absolute Gasteiger partial charge is 0.264 e. The predicted octanol–water partition coefficient (Wildman–Crippen LogP) is 4.43. The molecule has 0 amide bonds. The van der Waals surface area contributed by atoms with Gasteiger partial charge in [0.2, 0.25) is 0 Å². The molecule has 120 valence electrons. The predicted molar refractivity (Wildman–Crippen MR) is 92.1 cm³/mol. The average molecular weight is 368 g/mol. The topological polar surface area (TPSA) is 59.1 Å². The first-order valence-electron chi connectivity index (χ1n) is 6.66. The van der Waals surface area contributed by atoms with Crippen molar-refractivity contribution in [1.82, 2.24) is 4.98 Å². The Morgan fingerprint density at radius 2 is 1.87 bits per heavy atom. The summed E-state index contributed by atoms with van der Waals surface area (Å²) < 4.78 is 40.3. The molecule has 0 atom stereocenters. The van der Waals surface area contributed by atoms with Gasteiger partial charge in [-0.15, -0.1) is 22.7 Å². The number of nitrogens with one attached hydrogen (secondary N) is 1. The second-order valence-corrected chi connectivity index (χ2v) is 8.90. The van der Waals surface area contributed by atoms with Gasteiger partial charge in [0.1, 0.15) is 10.7 Å². The fraction of sp³-hybridized carbons (Fsp3) is 0.133. The van der Waals surface area contributed by atoms with E-state index >= 15 is 0 Å². The summed E-state index contributed by atoms with van der Waals surface area (Å²) in [5.74, 6) is -0.326. The zero-order valence-corrected chi connectivity index (χ0v) is 14.8. The lowest BCUT2D eigenvalue weighted by Crippen LogP contribution is -2.12. The number of nitrogens with zero attached hydrogens (tertiary/aromatic N) is 1. The van der Waals surface area contributed by atoms with E-state index in [4.69, 9.17) is 0 Å². The Bertz CT molecular complexity index is 944. The van der Waals surface area contributed by atoms with Crippen molar-refractivity contribution in [2.45, 2.75) is 18.7 Å². The van der Waals surface area contributed by atoms with E-state index in [1.807, 2.05) is 6.92 Å². The van der Waals surface area contributed by atoms with Crippen molar-refractivity contribution in [2.75, 3.05) is 4.72 Å². The fourth-order valence-electron chi connectivity index (χ4n) is 2.12. The van der Waals surface area contributed by atoms with Crippen LogP contribution in [0.3, 0.4) is 0 Å². The monoisotopic (exact) mass is 368 g/mol. The third-order valence-electron chi connectivity index (χ3n) is 3.15. The molecule has 0 bridgehead atoms. The molecule has 2 heterocycles. The van der Waals surface area contributed by atoms with Crippen molar-refractivity contribution < 1.29 is 12.8 Å². The smallest absolute Gasteiger partial charge is 0.255 e. The first kappa shape index (κ1) is 16.1. The molecule has 0 aliphatic heterocycles. The van der Waals surface area contributed by atoms with Crippen LogP contribution in [-0.4, -0.2) is 13.4 Å². The first-order chi connectivity index (χ1) is 10.8. The van der Waals surface area contributed by atoms with E-state index in [0.717, 1.165) is 15.3 Å². The number of rotatable bonds is 4. The minimum atomic E-state index is -3.65. The highest BCUT2D eigenvalue weighted by molar-refractivity contribution is 7.93. The number of aromatic nitrogens is 1. The molecule has 0 unspecified atom stereocenters. The van der Waals surface area contributed by atoms with Crippen LogP contribution in [0.5, 0.6) is 0 Å². The Labute approximate surface area is 141 Å². The molecule has 0 saturated carbocycles. The van der Waals surface area contributed by atoms with E-state index in [1.54, 1.807) is 30.5 Å². The van der Waals surface area contributed by atoms with Crippen molar-refractivity contribution in [3.63, 3.8) is 0 Å². The van der Waals surface area contributed by atoms with Crippen molar-refractivity contribution in [3.8, 4) is 11.3 Å². The number of halogens is 1. The normalized spacial score (nSPS) is 11.6. The molecular formula is C15H13FN2O2S3. The molecule has 1 N–H and O–H groups in total. The first-order valence-corrected chi connectivity index (χ1v) is 9.84. The molecule has 1 aromatic carbocycles. The molecule has 0 aliphatic rings. The quantitative estimate of drug-likeness (QED) is 0.741. The van der Waals surface area contributed by atoms with Gasteiger partial charge in [-0.25, -0.2) is 17.8 Å². The maximum atomic E-state index is 12.9. The van der Waals surface area contributed by atoms with Crippen LogP contribution in [0.15, 0.2) is 40.6 Å². The number of hydrogen-bond donors (Lipinski definition) is 1. The Morgan fingerprint density at radius 3 is 2.48 bits per heavy atom. The summed E-state index contributed by atoms with van der Waals surface area (Å²) in [6, 6.07) is 7.55. The molecule has 23 heavy (non-hydrogen) atoms. The van der Waals surface area contributed by atoms with E-state index in [0.29, 0.717) is 5.69 Å². The second-order valence-electron chi connectivity index (χ2n) is 4.93. The van der Waals surface area contributed by atoms with Gasteiger partial charge in [-0.2, -0.15) is 0 Å². The SMILES string of the molecule is Cc1cc(S(=O)(=O)Nc2nc(-c3ccc(F)cc3)cs2)c(C)s1. The number of aryl methyl sites for hydroxylation is 2. The van der Waals surface area contributed by atoms with Crippen LogP contribution in [0.25, 0.3) is 11.3 Å². The summed E-state index contributed by atoms with van der Waals surface area (Å²) in [6.07, 6.45) is 0. The molecule has 4 nitrogen and oxygen atoms in total. The summed E-state index contributed by atoms with van der Waals surface area (Å²) in [4.78, 5) is 6.22. The number of sulfonamides is 1. The summed E-state index contributed by atoms with van der Waals surface area (Å²) in [5, 5.41) is 2.02. The molecule has 0 aliphatic carbocycles. The lowest BCUT2D eigenvalue weighted by Gasteiger charge is -2.04. The van der Waals surface area contributed by atoms with Crippen molar-refractivity contribution in [2.24, 2.45) is 0 Å². The van der Waals surface area contributed by atoms with E-state index in [1.165, 1.54) is 34.8 Å². The van der Waals surface area contributed by atoms with Crippen LogP contribution in [-0.2, 0) is 10.0 Å². The maximum Gasteiger partial charge on any atom is 0.264 e. The van der Waals surface area contributed by atoms with Crippen molar-refractivity contribution in [1.29, 1.82) is 0 Å². The zero-order chi connectivity index (χ0) is 16.6. The number of hydrogen-bond acceptors (Lipinski definition) is 5. The Balaban J connectivity index is 1.86. The van der Waals surface area contributed by atoms with Crippen LogP contribution in [0.1, 0.15) is 9.75 Å². The molecule has 0 radical (unpaired) electrons. The number of benzene rings is 1. The zero-order valence-electron chi connectivity index (χ0n) is 12.3. The molecule has 2 aromatic heterocycles. The summed E-state index contributed by atoms with van der Waals surface area (Å²) in [6.45, 7) is 3.64. The lowest BCUT2D eigenvalue weighted by atomic mass is 10.2. The highest BCUT2D eigenvalue weighted by Crippen LogP contribution is 2.29. The molecule has 3 aromatic rings. The van der Waals surface area contributed by atoms with E-state index in [9.17, 15) is 12.8 Å². The van der Waals surface area contributed by atoms with Gasteiger partial charge in [-0.3, -0.25) is 4.72 Å². The maximum absolute atomic E-state index is 12.9. The van der Waals surface area contributed by atoms with E-state index in [-0.39, 0.29) is 15.8 Å². The molecule has 3 rings (SSSR count). The van der Waals surface area contributed by atoms with Crippen LogP contribution < -0.4 is 4.72 Å². The summed E-state index contributed by atoms with van der Waals surface area (Å²) in [5.41, 5.74) is 1.33. The van der Waals surface area contributed by atoms with Crippen molar-refractivity contribution >= 4 is 37.8 Å². The van der Waals surface area contributed by atoms with Gasteiger partial charge in [0.15, 0.2) is 5.13 Å². The number of thiazole rings is 1. The third-order valence-corrected chi connectivity index (χ3v) is 6.60. The van der Waals surface area contributed by atoms with Gasteiger partial charge >= 0.3 is 0 Å². The fourth-order valence-corrected chi connectivity index (χ4v) is 5.65. The van der Waals surface area contributed by atoms with E-state index in [2.05, 4.69) is 9.71 Å². The van der Waals surface area contributed by atoms with Crippen LogP contribution in [0.4, 0.5) is 9.52 Å². The lowest BCUT2D eigenvalue weighted by molar-refractivity contribution is 0.601. The van der Waals surface area contributed by atoms with Crippen LogP contribution >= 0.6 is 22.7 Å². The minimum absolute atomic E-state index is 0.276. The average Bonchev–Trinajstić information content (AvgIpc) is 3.06. The van der Waals surface area contributed by atoms with Gasteiger partial charge in [0, 0.05) is 20.7 Å². The third kappa shape index (κ3) is 3.44. The highest BCUT2D eigenvalue weighted by atomic mass is 32.2. The van der Waals surface area contributed by atoms with Crippen LogP contribution in [0.2, 0.25) is 0 Å². The van der Waals surface area contributed by atoms with Gasteiger partial charge < -0.3 is 0 Å². The molecule has 0 fully saturated rings. The second kappa shape index (κ2) is 6.03. The minimum Gasteiger partial charge on any atom is -0.255 e. The highest BCUT2D eigenvalue weighted by Gasteiger charge is 2.20. The van der Waals surface area contributed by atoms with Gasteiger partial charge in [-0.05, 0) is 44.2 Å². The molecular weight excluding hydrogens is 355 g/mol. The molecule has 0 saturated heterocycles. The number of thiophene rings is 1. The van der Waals surface area contributed by atoms with Crippen LogP contribution in [0, 0.1) is 19.7 Å². The van der Waals surface area contributed by atoms with Gasteiger partial charge in [0.25, 0.3) is 10.0 Å². The van der Waals surface area contributed by atoms with Crippen molar-refractivity contribution in [3.05, 3.63) is 51.3 Å². The standard InChI is InChI=1S/C15H13FN2O2S3/c1-9-7-14(10(2)22-9)23(19,20)18-15-17-13(8-21-15)11-3-5-12(16)6-4-11/h3-8H,1-2H3,(H,17,18). The summed E-state index contributed by atoms with van der Waals surface area (Å²) >= 11 is 2.63. The molecule has 8 heteroatoms. The van der Waals surface area contributed by atoms with Gasteiger partial charge in [-0.1, -0.05) is 0 Å². The Hall–Kier alpha value is -1.77. The number of anilines is 1.